The first kappa shape index (κ1) is 18.9. The Morgan fingerprint density at radius 1 is 1.23 bits per heavy atom. The van der Waals surface area contributed by atoms with Gasteiger partial charge < -0.3 is 14.7 Å². The van der Waals surface area contributed by atoms with Crippen molar-refractivity contribution in [3.63, 3.8) is 0 Å². The van der Waals surface area contributed by atoms with Crippen LogP contribution in [0.4, 0.5) is 5.82 Å². The molecule has 5 rings (SSSR count). The fraction of sp³-hybridized carbons (Fsp3) is 0.0909. The number of benzene rings is 1. The van der Waals surface area contributed by atoms with E-state index in [2.05, 4.69) is 26.3 Å². The normalized spacial score (nSPS) is 12.2. The van der Waals surface area contributed by atoms with Crippen molar-refractivity contribution in [3.05, 3.63) is 87.9 Å². The Labute approximate surface area is 181 Å². The van der Waals surface area contributed by atoms with E-state index in [0.717, 1.165) is 5.69 Å². The lowest BCUT2D eigenvalue weighted by Crippen LogP contribution is -2.27. The molecule has 5 aromatic rings. The minimum atomic E-state index is -0.335. The number of rotatable bonds is 4. The number of aromatic nitrogens is 5. The molecule has 2 N–H and O–H groups in total. The first-order valence-corrected chi connectivity index (χ1v) is 9.92. The van der Waals surface area contributed by atoms with E-state index in [-0.39, 0.29) is 11.6 Å². The van der Waals surface area contributed by atoms with Gasteiger partial charge in [-0.15, -0.1) is 0 Å². The molecule has 1 unspecified atom stereocenters. The van der Waals surface area contributed by atoms with Crippen molar-refractivity contribution >= 4 is 34.0 Å². The Balaban J connectivity index is 1.69. The van der Waals surface area contributed by atoms with Crippen molar-refractivity contribution in [1.29, 1.82) is 5.26 Å². The van der Waals surface area contributed by atoms with Gasteiger partial charge in [-0.25, -0.2) is 9.97 Å². The Bertz CT molecular complexity index is 1530. The third-order valence-electron chi connectivity index (χ3n) is 5.20. The fourth-order valence-corrected chi connectivity index (χ4v) is 3.99. The highest BCUT2D eigenvalue weighted by Crippen LogP contribution is 2.27. The van der Waals surface area contributed by atoms with Gasteiger partial charge in [0, 0.05) is 24.3 Å². The predicted molar refractivity (Wildman–Crippen MR) is 119 cm³/mol. The second kappa shape index (κ2) is 7.31. The highest BCUT2D eigenvalue weighted by Gasteiger charge is 2.20. The highest BCUT2D eigenvalue weighted by atomic mass is 35.5. The van der Waals surface area contributed by atoms with Crippen LogP contribution < -0.4 is 10.9 Å². The predicted octanol–water partition coefficient (Wildman–Crippen LogP) is 4.06. The number of hydrogen-bond donors (Lipinski definition) is 2. The lowest BCUT2D eigenvalue weighted by atomic mass is 10.2. The molecule has 0 aliphatic rings. The Kier molecular flexibility index (Phi) is 4.46. The standard InChI is InChI=1S/C22H16ClN7O/c1-13(28-21-18-14(9-24)10-25-20(18)26-12-27-21)17-11-29-8-7-16(23)19(29)22(31)30(17)15-5-3-2-4-6-15/h2-8,10-13H,1H3,(H2,25,26,27,28). The zero-order chi connectivity index (χ0) is 21.5. The second-order valence-electron chi connectivity index (χ2n) is 7.08. The topological polar surface area (TPSA) is 104 Å². The average Bonchev–Trinajstić information content (AvgIpc) is 3.38. The van der Waals surface area contributed by atoms with Gasteiger partial charge in [-0.3, -0.25) is 9.36 Å². The molecule has 31 heavy (non-hydrogen) atoms. The van der Waals surface area contributed by atoms with E-state index < -0.39 is 0 Å². The van der Waals surface area contributed by atoms with Crippen LogP contribution in [0.5, 0.6) is 0 Å². The van der Waals surface area contributed by atoms with Crippen molar-refractivity contribution in [1.82, 2.24) is 23.9 Å². The monoisotopic (exact) mass is 429 g/mol. The number of nitrogens with zero attached hydrogens (tertiary/aromatic N) is 5. The van der Waals surface area contributed by atoms with Crippen LogP contribution in [0.2, 0.25) is 5.02 Å². The Morgan fingerprint density at radius 3 is 2.81 bits per heavy atom. The number of halogens is 1. The summed E-state index contributed by atoms with van der Waals surface area (Å²) in [4.78, 5) is 24.9. The molecule has 0 bridgehead atoms. The van der Waals surface area contributed by atoms with Crippen LogP contribution in [0.3, 0.4) is 0 Å². The van der Waals surface area contributed by atoms with E-state index >= 15 is 0 Å². The van der Waals surface area contributed by atoms with Gasteiger partial charge in [0.2, 0.25) is 0 Å². The third kappa shape index (κ3) is 3.03. The molecular formula is C22H16ClN7O. The number of anilines is 1. The Morgan fingerprint density at radius 2 is 2.03 bits per heavy atom. The van der Waals surface area contributed by atoms with Gasteiger partial charge in [0.05, 0.1) is 27.7 Å². The highest BCUT2D eigenvalue weighted by molar-refractivity contribution is 6.33. The van der Waals surface area contributed by atoms with Gasteiger partial charge in [-0.2, -0.15) is 5.26 Å². The van der Waals surface area contributed by atoms with Gasteiger partial charge in [-0.1, -0.05) is 29.8 Å². The summed E-state index contributed by atoms with van der Waals surface area (Å²) in [5.41, 5.74) is 2.62. The summed E-state index contributed by atoms with van der Waals surface area (Å²) in [7, 11) is 0. The van der Waals surface area contributed by atoms with Gasteiger partial charge in [-0.05, 0) is 25.1 Å². The number of H-pyrrole nitrogens is 1. The molecule has 0 spiro atoms. The molecule has 1 aromatic carbocycles. The van der Waals surface area contributed by atoms with Crippen molar-refractivity contribution in [2.24, 2.45) is 0 Å². The molecule has 0 saturated carbocycles. The summed E-state index contributed by atoms with van der Waals surface area (Å²) in [5.74, 6) is 0.507. The van der Waals surface area contributed by atoms with Crippen molar-refractivity contribution in [2.75, 3.05) is 5.32 Å². The molecule has 0 aliphatic heterocycles. The molecular weight excluding hydrogens is 414 g/mol. The zero-order valence-corrected chi connectivity index (χ0v) is 17.1. The second-order valence-corrected chi connectivity index (χ2v) is 7.48. The number of aromatic amines is 1. The van der Waals surface area contributed by atoms with Gasteiger partial charge in [0.1, 0.15) is 29.4 Å². The van der Waals surface area contributed by atoms with E-state index in [9.17, 15) is 10.1 Å². The van der Waals surface area contributed by atoms with Crippen LogP contribution in [0, 0.1) is 11.3 Å². The quantitative estimate of drug-likeness (QED) is 0.448. The molecule has 0 aliphatic carbocycles. The van der Waals surface area contributed by atoms with Gasteiger partial charge in [0.25, 0.3) is 5.56 Å². The minimum absolute atomic E-state index is 0.223. The van der Waals surface area contributed by atoms with Gasteiger partial charge >= 0.3 is 0 Å². The molecule has 0 fully saturated rings. The first-order chi connectivity index (χ1) is 15.1. The van der Waals surface area contributed by atoms with E-state index in [0.29, 0.717) is 38.6 Å². The van der Waals surface area contributed by atoms with E-state index in [1.165, 1.54) is 6.33 Å². The minimum Gasteiger partial charge on any atom is -0.361 e. The van der Waals surface area contributed by atoms with Crippen molar-refractivity contribution < 1.29 is 0 Å². The van der Waals surface area contributed by atoms with Crippen LogP contribution >= 0.6 is 11.6 Å². The summed E-state index contributed by atoms with van der Waals surface area (Å²) >= 11 is 6.28. The summed E-state index contributed by atoms with van der Waals surface area (Å²) in [6.07, 6.45) is 6.65. The summed E-state index contributed by atoms with van der Waals surface area (Å²) < 4.78 is 3.36. The lowest BCUT2D eigenvalue weighted by Gasteiger charge is -2.21. The first-order valence-electron chi connectivity index (χ1n) is 9.54. The number of fused-ring (bicyclic) bond motifs is 2. The number of para-hydroxylation sites is 1. The Hall–Kier alpha value is -4.09. The maximum Gasteiger partial charge on any atom is 0.281 e. The lowest BCUT2D eigenvalue weighted by molar-refractivity contribution is 0.754. The van der Waals surface area contributed by atoms with Crippen molar-refractivity contribution in [2.45, 2.75) is 13.0 Å². The molecule has 4 heterocycles. The van der Waals surface area contributed by atoms with Crippen LogP contribution in [0.15, 0.2) is 66.1 Å². The molecule has 1 atom stereocenters. The van der Waals surface area contributed by atoms with Crippen LogP contribution in [-0.4, -0.2) is 23.9 Å². The molecule has 152 valence electrons. The zero-order valence-electron chi connectivity index (χ0n) is 16.4. The summed E-state index contributed by atoms with van der Waals surface area (Å²) in [6.45, 7) is 1.93. The van der Waals surface area contributed by atoms with Crippen molar-refractivity contribution in [3.8, 4) is 11.8 Å². The van der Waals surface area contributed by atoms with Crippen LogP contribution in [0.1, 0.15) is 24.2 Å². The SMILES string of the molecule is CC(Nc1ncnc2[nH]cc(C#N)c12)c1cn2ccc(Cl)c2c(=O)n1-c1ccccc1. The third-order valence-corrected chi connectivity index (χ3v) is 5.51. The molecule has 4 aromatic heterocycles. The summed E-state index contributed by atoms with van der Waals surface area (Å²) in [6, 6.07) is 12.9. The number of hydrogen-bond acceptors (Lipinski definition) is 5. The number of nitriles is 1. The number of nitrogens with one attached hydrogen (secondary N) is 2. The summed E-state index contributed by atoms with van der Waals surface area (Å²) in [5, 5.41) is 13.8. The van der Waals surface area contributed by atoms with Crippen LogP contribution in [0.25, 0.3) is 22.2 Å². The average molecular weight is 430 g/mol. The smallest absolute Gasteiger partial charge is 0.281 e. The largest absolute Gasteiger partial charge is 0.361 e. The van der Waals surface area contributed by atoms with E-state index in [1.807, 2.05) is 43.5 Å². The van der Waals surface area contributed by atoms with E-state index in [1.54, 1.807) is 27.4 Å². The fourth-order valence-electron chi connectivity index (χ4n) is 3.75. The maximum atomic E-state index is 13.4. The molecule has 0 radical (unpaired) electrons. The van der Waals surface area contributed by atoms with Crippen LogP contribution in [-0.2, 0) is 0 Å². The molecule has 0 saturated heterocycles. The maximum absolute atomic E-state index is 13.4. The molecule has 9 heteroatoms. The van der Waals surface area contributed by atoms with E-state index in [4.69, 9.17) is 11.6 Å². The molecule has 8 nitrogen and oxygen atoms in total. The van der Waals surface area contributed by atoms with Gasteiger partial charge in [0.15, 0.2) is 0 Å². The molecule has 0 amide bonds.